The molecule has 0 fully saturated rings. The van der Waals surface area contributed by atoms with E-state index in [0.717, 1.165) is 16.5 Å². The lowest BCUT2D eigenvalue weighted by atomic mass is 10.1. The molecule has 90 valence electrons. The molecule has 5 nitrogen and oxygen atoms in total. The first kappa shape index (κ1) is 10.8. The van der Waals surface area contributed by atoms with Crippen LogP contribution >= 0.6 is 0 Å². The molecule has 3 aromatic rings. The molecular weight excluding hydrogens is 230 g/mol. The minimum Gasteiger partial charge on any atom is -0.407 e. The summed E-state index contributed by atoms with van der Waals surface area (Å²) in [7, 11) is 0. The Balaban J connectivity index is 2.57. The van der Waals surface area contributed by atoms with Crippen LogP contribution in [0.3, 0.4) is 0 Å². The Kier molecular flexibility index (Phi) is 2.33. The average Bonchev–Trinajstić information content (AvgIpc) is 2.39. The highest BCUT2D eigenvalue weighted by molar-refractivity contribution is 6.01. The van der Waals surface area contributed by atoms with Crippen molar-refractivity contribution in [2.75, 3.05) is 0 Å². The van der Waals surface area contributed by atoms with Crippen molar-refractivity contribution in [1.82, 2.24) is 15.2 Å². The van der Waals surface area contributed by atoms with Gasteiger partial charge in [0, 0.05) is 11.8 Å². The van der Waals surface area contributed by atoms with Crippen LogP contribution in [0.5, 0.6) is 0 Å². The van der Waals surface area contributed by atoms with Crippen molar-refractivity contribution in [2.24, 2.45) is 0 Å². The molecule has 0 saturated heterocycles. The number of benzene rings is 1. The fraction of sp³-hybridized carbons (Fsp3) is 0.231. The van der Waals surface area contributed by atoms with Crippen LogP contribution in [-0.2, 0) is 6.42 Å². The maximum atomic E-state index is 11.8. The Morgan fingerprint density at radius 1 is 1.17 bits per heavy atom. The van der Waals surface area contributed by atoms with Gasteiger partial charge in [0.2, 0.25) is 0 Å². The minimum absolute atomic E-state index is 0.185. The summed E-state index contributed by atoms with van der Waals surface area (Å²) < 4.78 is 5.05. The molecule has 0 N–H and O–H groups in total. The smallest absolute Gasteiger partial charge is 0.367 e. The van der Waals surface area contributed by atoms with E-state index >= 15 is 0 Å². The molecule has 18 heavy (non-hydrogen) atoms. The van der Waals surface area contributed by atoms with Gasteiger partial charge < -0.3 is 4.42 Å². The van der Waals surface area contributed by atoms with Crippen molar-refractivity contribution >= 4 is 21.9 Å². The van der Waals surface area contributed by atoms with E-state index in [4.69, 9.17) is 4.42 Å². The lowest BCUT2D eigenvalue weighted by Gasteiger charge is -2.03. The predicted octanol–water partition coefficient (Wildman–Crippen LogP) is 2.00. The zero-order chi connectivity index (χ0) is 12.7. The summed E-state index contributed by atoms with van der Waals surface area (Å²) in [6, 6.07) is 5.76. The second-order valence-corrected chi connectivity index (χ2v) is 4.12. The van der Waals surface area contributed by atoms with Crippen LogP contribution in [0.15, 0.2) is 27.4 Å². The predicted molar refractivity (Wildman–Crippen MR) is 67.5 cm³/mol. The van der Waals surface area contributed by atoms with Gasteiger partial charge in [-0.15, -0.1) is 10.2 Å². The molecule has 3 rings (SSSR count). The van der Waals surface area contributed by atoms with Crippen molar-refractivity contribution < 1.29 is 4.42 Å². The number of hydrogen-bond donors (Lipinski definition) is 0. The zero-order valence-electron chi connectivity index (χ0n) is 10.1. The highest BCUT2D eigenvalue weighted by atomic mass is 16.4. The third-order valence-electron chi connectivity index (χ3n) is 2.91. The van der Waals surface area contributed by atoms with Gasteiger partial charge in [-0.1, -0.05) is 25.1 Å². The molecule has 2 heterocycles. The fourth-order valence-corrected chi connectivity index (χ4v) is 1.96. The molecule has 1 aromatic carbocycles. The number of aryl methyl sites for hydroxylation is 2. The zero-order valence-corrected chi connectivity index (χ0v) is 10.1. The van der Waals surface area contributed by atoms with Crippen LogP contribution in [-0.4, -0.2) is 15.2 Å². The summed E-state index contributed by atoms with van der Waals surface area (Å²) in [5, 5.41) is 8.84. The molecule has 2 aromatic heterocycles. The highest BCUT2D eigenvalue weighted by Crippen LogP contribution is 2.20. The Morgan fingerprint density at radius 2 is 1.94 bits per heavy atom. The van der Waals surface area contributed by atoms with Gasteiger partial charge in [-0.25, -0.2) is 9.78 Å². The summed E-state index contributed by atoms with van der Waals surface area (Å²) in [4.78, 5) is 16.1. The van der Waals surface area contributed by atoms with E-state index in [1.54, 1.807) is 0 Å². The molecule has 0 spiro atoms. The van der Waals surface area contributed by atoms with E-state index in [1.165, 1.54) is 0 Å². The van der Waals surface area contributed by atoms with Crippen molar-refractivity contribution in [3.63, 3.8) is 0 Å². The first-order chi connectivity index (χ1) is 8.70. The second kappa shape index (κ2) is 3.87. The molecule has 0 radical (unpaired) electrons. The van der Waals surface area contributed by atoms with Crippen LogP contribution in [0.2, 0.25) is 0 Å². The number of hydrogen-bond acceptors (Lipinski definition) is 5. The Hall–Kier alpha value is -2.30. The minimum atomic E-state index is -0.479. The third kappa shape index (κ3) is 1.48. The van der Waals surface area contributed by atoms with Crippen molar-refractivity contribution in [2.45, 2.75) is 20.3 Å². The summed E-state index contributed by atoms with van der Waals surface area (Å²) in [5.41, 5.74) is 2.05. The first-order valence-corrected chi connectivity index (χ1v) is 5.76. The maximum absolute atomic E-state index is 11.8. The largest absolute Gasteiger partial charge is 0.407 e. The third-order valence-corrected chi connectivity index (χ3v) is 2.91. The molecule has 0 aliphatic heterocycles. The van der Waals surface area contributed by atoms with Crippen molar-refractivity contribution in [3.8, 4) is 0 Å². The summed E-state index contributed by atoms with van der Waals surface area (Å²) >= 11 is 0. The van der Waals surface area contributed by atoms with Gasteiger partial charge in [0.1, 0.15) is 5.52 Å². The molecule has 0 aliphatic rings. The lowest BCUT2D eigenvalue weighted by molar-refractivity contribution is 0.448. The van der Waals surface area contributed by atoms with Gasteiger partial charge in [-0.2, -0.15) is 0 Å². The van der Waals surface area contributed by atoms with E-state index in [0.29, 0.717) is 17.8 Å². The van der Waals surface area contributed by atoms with Crippen LogP contribution in [0, 0.1) is 6.92 Å². The molecule has 0 saturated carbocycles. The van der Waals surface area contributed by atoms with Crippen molar-refractivity contribution in [3.05, 3.63) is 40.1 Å². The Labute approximate surface area is 102 Å². The monoisotopic (exact) mass is 241 g/mol. The van der Waals surface area contributed by atoms with Gasteiger partial charge in [0.25, 0.3) is 0 Å². The van der Waals surface area contributed by atoms with E-state index < -0.39 is 5.63 Å². The molecule has 0 aliphatic carbocycles. The number of nitrogens with zero attached hydrogens (tertiary/aromatic N) is 3. The van der Waals surface area contributed by atoms with Gasteiger partial charge in [-0.3, -0.25) is 0 Å². The first-order valence-electron chi connectivity index (χ1n) is 5.76. The molecule has 0 bridgehead atoms. The normalized spacial score (nSPS) is 11.2. The quantitative estimate of drug-likeness (QED) is 0.609. The van der Waals surface area contributed by atoms with E-state index in [9.17, 15) is 4.79 Å². The van der Waals surface area contributed by atoms with Crippen LogP contribution in [0.25, 0.3) is 21.9 Å². The van der Waals surface area contributed by atoms with Crippen LogP contribution < -0.4 is 5.63 Å². The van der Waals surface area contributed by atoms with Gasteiger partial charge >= 0.3 is 5.63 Å². The number of rotatable bonds is 1. The van der Waals surface area contributed by atoms with E-state index in [-0.39, 0.29) is 5.52 Å². The van der Waals surface area contributed by atoms with Gasteiger partial charge in [-0.05, 0) is 12.5 Å². The highest BCUT2D eigenvalue weighted by Gasteiger charge is 2.11. The van der Waals surface area contributed by atoms with Gasteiger partial charge in [0.05, 0.1) is 5.52 Å². The van der Waals surface area contributed by atoms with E-state index in [1.807, 2.05) is 32.0 Å². The molecular formula is C13H11N3O2. The topological polar surface area (TPSA) is 68.9 Å². The average molecular weight is 241 g/mol. The Morgan fingerprint density at radius 3 is 2.72 bits per heavy atom. The summed E-state index contributed by atoms with van der Waals surface area (Å²) in [5.74, 6) is 0.420. The lowest BCUT2D eigenvalue weighted by Crippen LogP contribution is -2.08. The van der Waals surface area contributed by atoms with E-state index in [2.05, 4.69) is 15.2 Å². The SMILES string of the molecule is CCc1nc2c(nnc3c(C)cccc32)c(=O)o1. The maximum Gasteiger partial charge on any atom is 0.367 e. The number of fused-ring (bicyclic) bond motifs is 3. The fourth-order valence-electron chi connectivity index (χ4n) is 1.96. The van der Waals surface area contributed by atoms with Crippen molar-refractivity contribution in [1.29, 1.82) is 0 Å². The Bertz CT molecular complexity index is 808. The molecule has 0 unspecified atom stereocenters. The second-order valence-electron chi connectivity index (χ2n) is 4.12. The van der Waals surface area contributed by atoms with Gasteiger partial charge in [0.15, 0.2) is 11.4 Å². The summed E-state index contributed by atoms with van der Waals surface area (Å²) in [6.07, 6.45) is 0.570. The van der Waals surface area contributed by atoms with Crippen LogP contribution in [0.1, 0.15) is 18.4 Å². The summed E-state index contributed by atoms with van der Waals surface area (Å²) in [6.45, 7) is 3.84. The molecule has 0 atom stereocenters. The van der Waals surface area contributed by atoms with Crippen LogP contribution in [0.4, 0.5) is 0 Å². The molecule has 0 amide bonds. The number of aromatic nitrogens is 3. The molecule has 5 heteroatoms. The standard InChI is InChI=1S/C13H11N3O2/c1-3-9-14-11-8-6-4-5-7(2)10(8)15-16-12(11)13(17)18-9/h4-6H,3H2,1-2H3.